The monoisotopic (exact) mass is 389 g/mol. The number of nitrogens with zero attached hydrogens (tertiary/aromatic N) is 3. The maximum Gasteiger partial charge on any atom is 0.178 e. The zero-order valence-corrected chi connectivity index (χ0v) is 16.8. The minimum Gasteiger partial charge on any atom is -0.455 e. The molecule has 3 aromatic carbocycles. The summed E-state index contributed by atoms with van der Waals surface area (Å²) in [6.45, 7) is 4.11. The van der Waals surface area contributed by atoms with Crippen LogP contribution in [0.2, 0.25) is 0 Å². The number of aromatic nitrogens is 3. The molecule has 0 unspecified atom stereocenters. The third kappa shape index (κ3) is 2.40. The Bertz CT molecular complexity index is 1560. The number of fused-ring (bicyclic) bond motifs is 4. The van der Waals surface area contributed by atoms with Gasteiger partial charge in [0.05, 0.1) is 11.1 Å². The van der Waals surface area contributed by atoms with Crippen LogP contribution in [-0.2, 0) is 0 Å². The summed E-state index contributed by atoms with van der Waals surface area (Å²) >= 11 is 0. The van der Waals surface area contributed by atoms with Crippen molar-refractivity contribution in [1.29, 1.82) is 0 Å². The van der Waals surface area contributed by atoms with Crippen LogP contribution in [0.3, 0.4) is 0 Å². The molecular formula is C26H19N3O. The van der Waals surface area contributed by atoms with Crippen LogP contribution < -0.4 is 0 Å². The van der Waals surface area contributed by atoms with Gasteiger partial charge in [-0.05, 0) is 55.8 Å². The molecule has 0 saturated heterocycles. The molecule has 30 heavy (non-hydrogen) atoms. The van der Waals surface area contributed by atoms with E-state index in [4.69, 9.17) is 9.40 Å². The number of rotatable bonds is 2. The third-order valence-corrected chi connectivity index (χ3v) is 5.65. The van der Waals surface area contributed by atoms with Crippen molar-refractivity contribution in [3.63, 3.8) is 0 Å². The van der Waals surface area contributed by atoms with Gasteiger partial charge in [0.2, 0.25) is 0 Å². The number of hydrogen-bond donors (Lipinski definition) is 0. The molecule has 0 radical (unpaired) electrons. The van der Waals surface area contributed by atoms with Crippen LogP contribution in [0.15, 0.2) is 83.3 Å². The Morgan fingerprint density at radius 3 is 2.43 bits per heavy atom. The third-order valence-electron chi connectivity index (χ3n) is 5.65. The smallest absolute Gasteiger partial charge is 0.178 e. The van der Waals surface area contributed by atoms with Crippen LogP contribution in [0.5, 0.6) is 0 Å². The van der Waals surface area contributed by atoms with Gasteiger partial charge in [-0.25, -0.2) is 9.97 Å². The SMILES string of the molecule is Cc1ccc2c(n1)nc(-c1ccc(C)c3c1oc1ccccc13)n2-c1ccccc1. The van der Waals surface area contributed by atoms with Crippen LogP contribution in [0.4, 0.5) is 0 Å². The maximum atomic E-state index is 6.36. The van der Waals surface area contributed by atoms with Gasteiger partial charge in [0.1, 0.15) is 11.2 Å². The molecule has 6 aromatic rings. The Hall–Kier alpha value is -3.92. The first kappa shape index (κ1) is 17.0. The van der Waals surface area contributed by atoms with Crippen molar-refractivity contribution in [2.24, 2.45) is 0 Å². The lowest BCUT2D eigenvalue weighted by Gasteiger charge is -2.10. The van der Waals surface area contributed by atoms with Crippen LogP contribution in [0.25, 0.3) is 50.2 Å². The summed E-state index contributed by atoms with van der Waals surface area (Å²) in [6.07, 6.45) is 0. The van der Waals surface area contributed by atoms with E-state index < -0.39 is 0 Å². The lowest BCUT2D eigenvalue weighted by Crippen LogP contribution is -1.98. The van der Waals surface area contributed by atoms with Gasteiger partial charge in [-0.15, -0.1) is 0 Å². The predicted molar refractivity (Wildman–Crippen MR) is 121 cm³/mol. The second-order valence-electron chi connectivity index (χ2n) is 7.63. The van der Waals surface area contributed by atoms with Gasteiger partial charge in [0, 0.05) is 22.2 Å². The van der Waals surface area contributed by atoms with Crippen molar-refractivity contribution in [3.05, 3.63) is 90.1 Å². The standard InChI is InChI=1S/C26H19N3O/c1-16-12-14-20(24-23(16)19-10-6-7-11-22(19)30-24)26-28-25-21(15-13-17(2)27-25)29(26)18-8-4-3-5-9-18/h3-15H,1-2H3. The molecule has 0 aliphatic carbocycles. The Balaban J connectivity index is 1.76. The first-order valence-electron chi connectivity index (χ1n) is 10.0. The van der Waals surface area contributed by atoms with Crippen molar-refractivity contribution in [2.45, 2.75) is 13.8 Å². The summed E-state index contributed by atoms with van der Waals surface area (Å²) in [7, 11) is 0. The van der Waals surface area contributed by atoms with Crippen LogP contribution in [0.1, 0.15) is 11.3 Å². The van der Waals surface area contributed by atoms with Crippen molar-refractivity contribution in [3.8, 4) is 17.1 Å². The zero-order valence-electron chi connectivity index (χ0n) is 16.8. The molecule has 3 aromatic heterocycles. The van der Waals surface area contributed by atoms with E-state index >= 15 is 0 Å². The largest absolute Gasteiger partial charge is 0.455 e. The average Bonchev–Trinajstić information content (AvgIpc) is 3.33. The first-order chi connectivity index (χ1) is 14.7. The second-order valence-corrected chi connectivity index (χ2v) is 7.63. The molecule has 0 aliphatic heterocycles. The van der Waals surface area contributed by atoms with Gasteiger partial charge in [-0.2, -0.15) is 0 Å². The first-order valence-corrected chi connectivity index (χ1v) is 10.0. The van der Waals surface area contributed by atoms with Gasteiger partial charge in [-0.3, -0.25) is 4.57 Å². The molecule has 0 fully saturated rings. The normalized spacial score (nSPS) is 11.7. The summed E-state index contributed by atoms with van der Waals surface area (Å²) in [5.41, 5.74) is 7.61. The summed E-state index contributed by atoms with van der Waals surface area (Å²) in [5, 5.41) is 2.27. The van der Waals surface area contributed by atoms with Gasteiger partial charge in [0.25, 0.3) is 0 Å². The highest BCUT2D eigenvalue weighted by molar-refractivity contribution is 6.11. The molecule has 3 heterocycles. The molecule has 0 atom stereocenters. The molecule has 0 spiro atoms. The second kappa shape index (κ2) is 6.29. The lowest BCUT2D eigenvalue weighted by atomic mass is 10.0. The molecule has 0 N–H and O–H groups in total. The van der Waals surface area contributed by atoms with E-state index in [0.29, 0.717) is 0 Å². The van der Waals surface area contributed by atoms with E-state index in [1.165, 1.54) is 5.56 Å². The summed E-state index contributed by atoms with van der Waals surface area (Å²) in [4.78, 5) is 9.65. The fourth-order valence-corrected chi connectivity index (χ4v) is 4.25. The number of aryl methyl sites for hydroxylation is 2. The molecule has 0 aliphatic rings. The highest BCUT2D eigenvalue weighted by Gasteiger charge is 2.21. The maximum absolute atomic E-state index is 6.36. The van der Waals surface area contributed by atoms with Gasteiger partial charge in [-0.1, -0.05) is 42.5 Å². The summed E-state index contributed by atoms with van der Waals surface area (Å²) < 4.78 is 8.52. The van der Waals surface area contributed by atoms with E-state index in [9.17, 15) is 0 Å². The van der Waals surface area contributed by atoms with E-state index in [-0.39, 0.29) is 0 Å². The molecular weight excluding hydrogens is 370 g/mol. The fourth-order valence-electron chi connectivity index (χ4n) is 4.25. The van der Waals surface area contributed by atoms with Crippen LogP contribution in [-0.4, -0.2) is 14.5 Å². The van der Waals surface area contributed by atoms with Crippen LogP contribution >= 0.6 is 0 Å². The number of furan rings is 1. The fraction of sp³-hybridized carbons (Fsp3) is 0.0769. The summed E-state index contributed by atoms with van der Waals surface area (Å²) in [5.74, 6) is 0.832. The predicted octanol–water partition coefficient (Wildman–Crippen LogP) is 6.60. The number of para-hydroxylation sites is 2. The van der Waals surface area contributed by atoms with Gasteiger partial charge in [0.15, 0.2) is 11.5 Å². The Kier molecular flexibility index (Phi) is 3.56. The number of hydrogen-bond acceptors (Lipinski definition) is 3. The van der Waals surface area contributed by atoms with Crippen molar-refractivity contribution >= 4 is 33.1 Å². The zero-order chi connectivity index (χ0) is 20.2. The highest BCUT2D eigenvalue weighted by Crippen LogP contribution is 2.39. The van der Waals surface area contributed by atoms with Gasteiger partial charge >= 0.3 is 0 Å². The Morgan fingerprint density at radius 2 is 1.57 bits per heavy atom. The number of pyridine rings is 1. The number of benzene rings is 3. The van der Waals surface area contributed by atoms with Crippen molar-refractivity contribution in [2.75, 3.05) is 0 Å². The van der Waals surface area contributed by atoms with E-state index in [1.807, 2.05) is 43.3 Å². The molecule has 6 rings (SSSR count). The van der Waals surface area contributed by atoms with E-state index in [0.717, 1.165) is 55.9 Å². The minimum atomic E-state index is 0.735. The summed E-state index contributed by atoms with van der Waals surface area (Å²) in [6, 6.07) is 26.8. The van der Waals surface area contributed by atoms with Gasteiger partial charge < -0.3 is 4.42 Å². The Labute approximate surface area is 173 Å². The van der Waals surface area contributed by atoms with Crippen LogP contribution in [0, 0.1) is 13.8 Å². The molecule has 0 bridgehead atoms. The topological polar surface area (TPSA) is 43.9 Å². The highest BCUT2D eigenvalue weighted by atomic mass is 16.3. The quantitative estimate of drug-likeness (QED) is 0.335. The number of imidazole rings is 1. The van der Waals surface area contributed by atoms with E-state index in [2.05, 4.69) is 58.9 Å². The molecule has 4 nitrogen and oxygen atoms in total. The molecule has 0 amide bonds. The van der Waals surface area contributed by atoms with Crippen molar-refractivity contribution in [1.82, 2.24) is 14.5 Å². The average molecular weight is 389 g/mol. The lowest BCUT2D eigenvalue weighted by molar-refractivity contribution is 0.669. The minimum absolute atomic E-state index is 0.735. The molecule has 144 valence electrons. The Morgan fingerprint density at radius 1 is 0.767 bits per heavy atom. The van der Waals surface area contributed by atoms with E-state index in [1.54, 1.807) is 0 Å². The molecule has 4 heteroatoms. The molecule has 0 saturated carbocycles. The van der Waals surface area contributed by atoms with Crippen molar-refractivity contribution < 1.29 is 4.42 Å².